The molecular weight excluding hydrogens is 327 g/mol. The van der Waals surface area contributed by atoms with Gasteiger partial charge in [-0.2, -0.15) is 13.2 Å². The summed E-state index contributed by atoms with van der Waals surface area (Å²) in [5.74, 6) is 0.151. The quantitative estimate of drug-likeness (QED) is 0.912. The summed E-state index contributed by atoms with van der Waals surface area (Å²) in [5, 5.41) is 0.598. The van der Waals surface area contributed by atoms with E-state index in [-0.39, 0.29) is 10.7 Å². The molecule has 0 aromatic carbocycles. The standard InChI is InChI=1S/C15H16F3N3OS/c1-8-10-2-3-11(15(16,17)18)20-13(10)23-12(8)14(22)21-5-4-9(6-19)7-21/h2-3,9H,4-7,19H2,1H3. The highest BCUT2D eigenvalue weighted by atomic mass is 32.1. The fourth-order valence-corrected chi connectivity index (χ4v) is 3.96. The van der Waals surface area contributed by atoms with Crippen LogP contribution in [0.15, 0.2) is 12.1 Å². The Morgan fingerprint density at radius 2 is 2.22 bits per heavy atom. The highest BCUT2D eigenvalue weighted by Gasteiger charge is 2.33. The molecule has 4 nitrogen and oxygen atoms in total. The molecule has 0 spiro atoms. The number of amides is 1. The number of halogens is 3. The predicted octanol–water partition coefficient (Wildman–Crippen LogP) is 3.04. The second-order valence-electron chi connectivity index (χ2n) is 5.74. The lowest BCUT2D eigenvalue weighted by Crippen LogP contribution is -2.29. The molecule has 3 heterocycles. The number of aromatic nitrogens is 1. The molecule has 0 saturated carbocycles. The van der Waals surface area contributed by atoms with Crippen LogP contribution >= 0.6 is 11.3 Å². The maximum atomic E-state index is 12.8. The Balaban J connectivity index is 1.95. The Bertz CT molecular complexity index is 756. The summed E-state index contributed by atoms with van der Waals surface area (Å²) in [6.45, 7) is 3.52. The van der Waals surface area contributed by atoms with Crippen molar-refractivity contribution in [1.82, 2.24) is 9.88 Å². The molecule has 1 aliphatic heterocycles. The van der Waals surface area contributed by atoms with Gasteiger partial charge in [-0.05, 0) is 43.5 Å². The lowest BCUT2D eigenvalue weighted by molar-refractivity contribution is -0.140. The van der Waals surface area contributed by atoms with E-state index >= 15 is 0 Å². The van der Waals surface area contributed by atoms with Crippen molar-refractivity contribution in [3.63, 3.8) is 0 Å². The number of nitrogens with two attached hydrogens (primary N) is 1. The molecule has 0 radical (unpaired) electrons. The van der Waals surface area contributed by atoms with Gasteiger partial charge in [-0.15, -0.1) is 11.3 Å². The van der Waals surface area contributed by atoms with Crippen LogP contribution in [0.4, 0.5) is 13.2 Å². The fourth-order valence-electron chi connectivity index (χ4n) is 2.81. The van der Waals surface area contributed by atoms with Gasteiger partial charge in [-0.1, -0.05) is 0 Å². The molecule has 1 aliphatic rings. The van der Waals surface area contributed by atoms with Crippen molar-refractivity contribution in [3.8, 4) is 0 Å². The van der Waals surface area contributed by atoms with Crippen molar-refractivity contribution in [2.75, 3.05) is 19.6 Å². The maximum Gasteiger partial charge on any atom is 0.433 e. The van der Waals surface area contributed by atoms with Gasteiger partial charge in [-0.25, -0.2) is 4.98 Å². The van der Waals surface area contributed by atoms with E-state index in [9.17, 15) is 18.0 Å². The third-order valence-corrected chi connectivity index (χ3v) is 5.38. The van der Waals surface area contributed by atoms with Gasteiger partial charge in [0, 0.05) is 18.5 Å². The minimum atomic E-state index is -4.49. The first-order chi connectivity index (χ1) is 10.8. The summed E-state index contributed by atoms with van der Waals surface area (Å²) >= 11 is 1.02. The van der Waals surface area contributed by atoms with E-state index < -0.39 is 11.9 Å². The molecule has 1 unspecified atom stereocenters. The number of pyridine rings is 1. The topological polar surface area (TPSA) is 59.2 Å². The zero-order chi connectivity index (χ0) is 16.8. The van der Waals surface area contributed by atoms with Crippen LogP contribution in [0.5, 0.6) is 0 Å². The van der Waals surface area contributed by atoms with Crippen LogP contribution in [-0.2, 0) is 6.18 Å². The lowest BCUT2D eigenvalue weighted by atomic mass is 10.1. The van der Waals surface area contributed by atoms with Crippen LogP contribution in [0.1, 0.15) is 27.3 Å². The van der Waals surface area contributed by atoms with Crippen LogP contribution in [0.2, 0.25) is 0 Å². The number of likely N-dealkylation sites (tertiary alicyclic amines) is 1. The average molecular weight is 343 g/mol. The minimum absolute atomic E-state index is 0.144. The van der Waals surface area contributed by atoms with E-state index in [1.807, 2.05) is 0 Å². The number of fused-ring (bicyclic) bond motifs is 1. The third kappa shape index (κ3) is 2.92. The molecule has 1 atom stereocenters. The molecule has 0 bridgehead atoms. The summed E-state index contributed by atoms with van der Waals surface area (Å²) < 4.78 is 38.3. The van der Waals surface area contributed by atoms with E-state index in [0.717, 1.165) is 23.8 Å². The normalized spacial score (nSPS) is 18.8. The Kier molecular flexibility index (Phi) is 4.05. The van der Waals surface area contributed by atoms with E-state index in [1.54, 1.807) is 11.8 Å². The zero-order valence-corrected chi connectivity index (χ0v) is 13.3. The Morgan fingerprint density at radius 1 is 1.48 bits per heavy atom. The van der Waals surface area contributed by atoms with Crippen LogP contribution in [-0.4, -0.2) is 35.4 Å². The number of carbonyl (C=O) groups is 1. The number of carbonyl (C=O) groups excluding carboxylic acids is 1. The molecule has 23 heavy (non-hydrogen) atoms. The number of alkyl halides is 3. The van der Waals surface area contributed by atoms with Gasteiger partial charge in [0.05, 0.1) is 4.88 Å². The first kappa shape index (κ1) is 16.2. The number of rotatable bonds is 2. The molecule has 2 aromatic heterocycles. The first-order valence-electron chi connectivity index (χ1n) is 7.28. The van der Waals surface area contributed by atoms with Crippen molar-refractivity contribution in [1.29, 1.82) is 0 Å². The van der Waals surface area contributed by atoms with Gasteiger partial charge in [0.2, 0.25) is 0 Å². The lowest BCUT2D eigenvalue weighted by Gasteiger charge is -2.15. The molecule has 2 aromatic rings. The van der Waals surface area contributed by atoms with E-state index in [2.05, 4.69) is 4.98 Å². The van der Waals surface area contributed by atoms with Gasteiger partial charge in [-0.3, -0.25) is 4.79 Å². The summed E-state index contributed by atoms with van der Waals surface area (Å²) in [6.07, 6.45) is -3.62. The number of hydrogen-bond donors (Lipinski definition) is 1. The molecule has 124 valence electrons. The first-order valence-corrected chi connectivity index (χ1v) is 8.09. The molecule has 1 saturated heterocycles. The van der Waals surface area contributed by atoms with Crippen molar-refractivity contribution < 1.29 is 18.0 Å². The van der Waals surface area contributed by atoms with E-state index in [1.165, 1.54) is 6.07 Å². The number of hydrogen-bond acceptors (Lipinski definition) is 4. The summed E-state index contributed by atoms with van der Waals surface area (Å²) in [5.41, 5.74) is 5.38. The van der Waals surface area contributed by atoms with Crippen LogP contribution in [0.25, 0.3) is 10.2 Å². The smallest absolute Gasteiger partial charge is 0.338 e. The van der Waals surface area contributed by atoms with Gasteiger partial charge >= 0.3 is 6.18 Å². The van der Waals surface area contributed by atoms with E-state index in [4.69, 9.17) is 5.73 Å². The maximum absolute atomic E-state index is 12.8. The molecular formula is C15H16F3N3OS. The highest BCUT2D eigenvalue weighted by molar-refractivity contribution is 7.20. The Morgan fingerprint density at radius 3 is 2.83 bits per heavy atom. The second-order valence-corrected chi connectivity index (χ2v) is 6.74. The van der Waals surface area contributed by atoms with Gasteiger partial charge < -0.3 is 10.6 Å². The highest BCUT2D eigenvalue weighted by Crippen LogP contribution is 2.35. The summed E-state index contributed by atoms with van der Waals surface area (Å²) in [7, 11) is 0. The second kappa shape index (κ2) is 5.76. The number of nitrogens with zero attached hydrogens (tertiary/aromatic N) is 2. The van der Waals surface area contributed by atoms with Crippen LogP contribution in [0, 0.1) is 12.8 Å². The number of aryl methyl sites for hydroxylation is 1. The third-order valence-electron chi connectivity index (χ3n) is 4.19. The fraction of sp³-hybridized carbons (Fsp3) is 0.467. The Labute approximate surface area is 135 Å². The van der Waals surface area contributed by atoms with Crippen molar-refractivity contribution >= 4 is 27.5 Å². The molecule has 3 rings (SSSR count). The van der Waals surface area contributed by atoms with Gasteiger partial charge in [0.15, 0.2) is 0 Å². The summed E-state index contributed by atoms with van der Waals surface area (Å²) in [6, 6.07) is 2.34. The molecule has 0 aliphatic carbocycles. The van der Waals surface area contributed by atoms with Gasteiger partial charge in [0.25, 0.3) is 5.91 Å². The molecule has 1 fully saturated rings. The number of thiophene rings is 1. The van der Waals surface area contributed by atoms with Crippen molar-refractivity contribution in [2.24, 2.45) is 11.7 Å². The molecule has 8 heteroatoms. The average Bonchev–Trinajstić information content (AvgIpc) is 3.10. The van der Waals surface area contributed by atoms with Crippen molar-refractivity contribution in [3.05, 3.63) is 28.3 Å². The van der Waals surface area contributed by atoms with Crippen molar-refractivity contribution in [2.45, 2.75) is 19.5 Å². The largest absolute Gasteiger partial charge is 0.433 e. The molecule has 1 amide bonds. The SMILES string of the molecule is Cc1c(C(=O)N2CCC(CN)C2)sc2nc(C(F)(F)F)ccc12. The summed E-state index contributed by atoms with van der Waals surface area (Å²) in [4.78, 5) is 18.7. The zero-order valence-electron chi connectivity index (χ0n) is 12.5. The predicted molar refractivity (Wildman–Crippen MR) is 82.4 cm³/mol. The van der Waals surface area contributed by atoms with Crippen LogP contribution < -0.4 is 5.73 Å². The molecule has 2 N–H and O–H groups in total. The Hall–Kier alpha value is -1.67. The van der Waals surface area contributed by atoms with E-state index in [0.29, 0.717) is 41.4 Å². The van der Waals surface area contributed by atoms with Gasteiger partial charge in [0.1, 0.15) is 10.5 Å². The monoisotopic (exact) mass is 343 g/mol. The van der Waals surface area contributed by atoms with Crippen LogP contribution in [0.3, 0.4) is 0 Å². The minimum Gasteiger partial charge on any atom is -0.338 e.